The highest BCUT2D eigenvalue weighted by Gasteiger charge is 2.22. The summed E-state index contributed by atoms with van der Waals surface area (Å²) >= 11 is 0. The summed E-state index contributed by atoms with van der Waals surface area (Å²) < 4.78 is 7.95. The van der Waals surface area contributed by atoms with Crippen LogP contribution in [0.15, 0.2) is 78.9 Å². The smallest absolute Gasteiger partial charge is 0.341 e. The molecule has 0 atom stereocenters. The van der Waals surface area contributed by atoms with Crippen molar-refractivity contribution in [3.05, 3.63) is 90.0 Å². The zero-order valence-corrected chi connectivity index (χ0v) is 17.1. The van der Waals surface area contributed by atoms with Crippen LogP contribution >= 0.6 is 0 Å². The van der Waals surface area contributed by atoms with Crippen molar-refractivity contribution in [3.63, 3.8) is 0 Å². The van der Waals surface area contributed by atoms with Gasteiger partial charge < -0.3 is 20.1 Å². The van der Waals surface area contributed by atoms with E-state index < -0.39 is 18.5 Å². The van der Waals surface area contributed by atoms with E-state index in [1.54, 1.807) is 12.1 Å². The minimum absolute atomic E-state index is 0.370. The Bertz CT molecular complexity index is 1500. The molecule has 0 spiro atoms. The molecular formula is C26H20N2O4. The van der Waals surface area contributed by atoms with Crippen LogP contribution in [-0.2, 0) is 11.3 Å². The standard InChI is InChI=1S/C26H20N2O4/c27-26(31)19-11-6-12-20-23(19)24-21(28(20)14-16-7-2-1-3-8-16)13-17-9-4-5-10-18(17)25(24)32-15-22(29)30/h1-13H,14-15H2,(H2,27,31)(H,29,30). The van der Waals surface area contributed by atoms with E-state index >= 15 is 0 Å². The molecule has 6 nitrogen and oxygen atoms in total. The Balaban J connectivity index is 1.94. The van der Waals surface area contributed by atoms with E-state index in [0.29, 0.717) is 28.6 Å². The molecule has 1 heterocycles. The molecule has 6 heteroatoms. The van der Waals surface area contributed by atoms with Gasteiger partial charge in [-0.2, -0.15) is 0 Å². The van der Waals surface area contributed by atoms with E-state index in [0.717, 1.165) is 27.4 Å². The summed E-state index contributed by atoms with van der Waals surface area (Å²) in [6.45, 7) is 0.0764. The van der Waals surface area contributed by atoms with Crippen molar-refractivity contribution in [2.45, 2.75) is 6.54 Å². The molecule has 1 amide bonds. The van der Waals surface area contributed by atoms with E-state index in [2.05, 4.69) is 4.57 Å². The lowest BCUT2D eigenvalue weighted by atomic mass is 10.0. The number of rotatable bonds is 6. The Morgan fingerprint density at radius 3 is 2.38 bits per heavy atom. The SMILES string of the molecule is NC(=O)c1cccc2c1c1c(OCC(=O)O)c3ccccc3cc1n2Cc1ccccc1. The molecule has 5 aromatic rings. The predicted octanol–water partition coefficient (Wildman–Crippen LogP) is 4.56. The molecule has 0 aliphatic carbocycles. The van der Waals surface area contributed by atoms with Crippen molar-refractivity contribution in [3.8, 4) is 5.75 Å². The van der Waals surface area contributed by atoms with E-state index in [9.17, 15) is 14.7 Å². The minimum Gasteiger partial charge on any atom is -0.481 e. The first kappa shape index (κ1) is 19.6. The second-order valence-corrected chi connectivity index (χ2v) is 7.64. The first-order valence-corrected chi connectivity index (χ1v) is 10.2. The van der Waals surface area contributed by atoms with E-state index in [1.807, 2.05) is 66.7 Å². The molecule has 0 unspecified atom stereocenters. The number of carbonyl (C=O) groups excluding carboxylic acids is 1. The van der Waals surface area contributed by atoms with Gasteiger partial charge in [0.05, 0.1) is 16.4 Å². The van der Waals surface area contributed by atoms with Crippen LogP contribution in [0.1, 0.15) is 15.9 Å². The quantitative estimate of drug-likeness (QED) is 0.418. The summed E-state index contributed by atoms with van der Waals surface area (Å²) in [6.07, 6.45) is 0. The third kappa shape index (κ3) is 3.22. The maximum absolute atomic E-state index is 12.3. The molecule has 0 bridgehead atoms. The number of hydrogen-bond donors (Lipinski definition) is 2. The van der Waals surface area contributed by atoms with Crippen LogP contribution in [0.25, 0.3) is 32.6 Å². The van der Waals surface area contributed by atoms with Gasteiger partial charge in [0, 0.05) is 22.9 Å². The number of carbonyl (C=O) groups is 2. The highest BCUT2D eigenvalue weighted by Crippen LogP contribution is 2.42. The van der Waals surface area contributed by atoms with Crippen LogP contribution in [0.4, 0.5) is 0 Å². The van der Waals surface area contributed by atoms with Crippen LogP contribution in [0.2, 0.25) is 0 Å². The Kier molecular flexibility index (Phi) is 4.75. The second-order valence-electron chi connectivity index (χ2n) is 7.64. The molecule has 5 rings (SSSR count). The highest BCUT2D eigenvalue weighted by molar-refractivity contribution is 6.23. The van der Waals surface area contributed by atoms with Gasteiger partial charge in [-0.25, -0.2) is 4.79 Å². The van der Waals surface area contributed by atoms with Gasteiger partial charge in [0.15, 0.2) is 6.61 Å². The first-order chi connectivity index (χ1) is 15.5. The number of carboxylic acid groups (broad SMARTS) is 1. The van der Waals surface area contributed by atoms with Crippen molar-refractivity contribution in [2.75, 3.05) is 6.61 Å². The molecule has 0 saturated carbocycles. The van der Waals surface area contributed by atoms with E-state index in [4.69, 9.17) is 10.5 Å². The zero-order valence-electron chi connectivity index (χ0n) is 17.1. The molecular weight excluding hydrogens is 404 g/mol. The molecule has 0 aliphatic heterocycles. The van der Waals surface area contributed by atoms with Gasteiger partial charge >= 0.3 is 5.97 Å². The molecule has 0 fully saturated rings. The lowest BCUT2D eigenvalue weighted by Crippen LogP contribution is -2.12. The average molecular weight is 424 g/mol. The van der Waals surface area contributed by atoms with Gasteiger partial charge in [-0.05, 0) is 29.1 Å². The average Bonchev–Trinajstić information content (AvgIpc) is 3.10. The maximum Gasteiger partial charge on any atom is 0.341 e. The van der Waals surface area contributed by atoms with Crippen molar-refractivity contribution in [1.29, 1.82) is 0 Å². The lowest BCUT2D eigenvalue weighted by Gasteiger charge is -2.12. The first-order valence-electron chi connectivity index (χ1n) is 10.2. The van der Waals surface area contributed by atoms with Crippen molar-refractivity contribution >= 4 is 44.5 Å². The number of hydrogen-bond acceptors (Lipinski definition) is 3. The van der Waals surface area contributed by atoms with Crippen molar-refractivity contribution < 1.29 is 19.4 Å². The number of primary amides is 1. The summed E-state index contributed by atoms with van der Waals surface area (Å²) in [6, 6.07) is 25.1. The molecule has 1 aromatic heterocycles. The van der Waals surface area contributed by atoms with Gasteiger partial charge in [0.2, 0.25) is 5.91 Å². The molecule has 0 radical (unpaired) electrons. The summed E-state index contributed by atoms with van der Waals surface area (Å²) in [7, 11) is 0. The summed E-state index contributed by atoms with van der Waals surface area (Å²) in [5, 5.41) is 12.3. The number of nitrogens with zero attached hydrogens (tertiary/aromatic N) is 1. The fraction of sp³-hybridized carbons (Fsp3) is 0.0769. The number of aromatic nitrogens is 1. The topological polar surface area (TPSA) is 94.6 Å². The third-order valence-corrected chi connectivity index (χ3v) is 5.64. The van der Waals surface area contributed by atoms with Gasteiger partial charge in [0.25, 0.3) is 0 Å². The zero-order chi connectivity index (χ0) is 22.2. The predicted molar refractivity (Wildman–Crippen MR) is 124 cm³/mol. The Hall–Kier alpha value is -4.32. The number of carboxylic acids is 1. The summed E-state index contributed by atoms with van der Waals surface area (Å²) in [4.78, 5) is 23.7. The molecule has 4 aromatic carbocycles. The number of ether oxygens (including phenoxy) is 1. The Morgan fingerprint density at radius 2 is 1.62 bits per heavy atom. The third-order valence-electron chi connectivity index (χ3n) is 5.64. The van der Waals surface area contributed by atoms with Crippen molar-refractivity contribution in [1.82, 2.24) is 4.57 Å². The fourth-order valence-electron chi connectivity index (χ4n) is 4.34. The largest absolute Gasteiger partial charge is 0.481 e. The van der Waals surface area contributed by atoms with Crippen LogP contribution in [0, 0.1) is 0 Å². The van der Waals surface area contributed by atoms with Gasteiger partial charge in [-0.1, -0.05) is 60.7 Å². The second kappa shape index (κ2) is 7.74. The molecule has 3 N–H and O–H groups in total. The van der Waals surface area contributed by atoms with Crippen LogP contribution in [-0.4, -0.2) is 28.2 Å². The number of nitrogens with two attached hydrogens (primary N) is 1. The fourth-order valence-corrected chi connectivity index (χ4v) is 4.34. The Labute approximate surface area is 183 Å². The molecule has 0 aliphatic rings. The lowest BCUT2D eigenvalue weighted by molar-refractivity contribution is -0.139. The van der Waals surface area contributed by atoms with Crippen LogP contribution < -0.4 is 10.5 Å². The van der Waals surface area contributed by atoms with E-state index in [1.165, 1.54) is 0 Å². The van der Waals surface area contributed by atoms with Crippen LogP contribution in [0.3, 0.4) is 0 Å². The highest BCUT2D eigenvalue weighted by atomic mass is 16.5. The number of aliphatic carboxylic acids is 1. The van der Waals surface area contributed by atoms with Gasteiger partial charge in [-0.15, -0.1) is 0 Å². The monoisotopic (exact) mass is 424 g/mol. The summed E-state index contributed by atoms with van der Waals surface area (Å²) in [5.41, 5.74) is 8.87. The Morgan fingerprint density at radius 1 is 0.875 bits per heavy atom. The van der Waals surface area contributed by atoms with Gasteiger partial charge in [0.1, 0.15) is 5.75 Å². The number of fused-ring (bicyclic) bond motifs is 4. The summed E-state index contributed by atoms with van der Waals surface area (Å²) in [5.74, 6) is -1.19. The number of amides is 1. The molecule has 158 valence electrons. The molecule has 32 heavy (non-hydrogen) atoms. The minimum atomic E-state index is -1.07. The van der Waals surface area contributed by atoms with Crippen molar-refractivity contribution in [2.24, 2.45) is 5.73 Å². The van der Waals surface area contributed by atoms with Gasteiger partial charge in [-0.3, -0.25) is 4.79 Å². The van der Waals surface area contributed by atoms with Crippen LogP contribution in [0.5, 0.6) is 5.75 Å². The molecule has 0 saturated heterocycles. The maximum atomic E-state index is 12.3. The number of benzene rings is 4. The van der Waals surface area contributed by atoms with E-state index in [-0.39, 0.29) is 0 Å². The normalized spacial score (nSPS) is 11.2.